The molecule has 0 spiro atoms. The highest BCUT2D eigenvalue weighted by molar-refractivity contribution is 7.98. The van der Waals surface area contributed by atoms with Crippen molar-refractivity contribution in [2.45, 2.75) is 30.3 Å². The molecule has 0 saturated heterocycles. The molecule has 2 aromatic rings. The van der Waals surface area contributed by atoms with Crippen LogP contribution in [0.1, 0.15) is 18.4 Å². The van der Waals surface area contributed by atoms with E-state index in [1.807, 2.05) is 13.3 Å². The maximum Gasteiger partial charge on any atom is 0.275 e. The van der Waals surface area contributed by atoms with E-state index in [2.05, 4.69) is 34.6 Å². The Hall–Kier alpha value is -1.30. The Kier molecular flexibility index (Phi) is 5.09. The summed E-state index contributed by atoms with van der Waals surface area (Å²) < 4.78 is 0. The van der Waals surface area contributed by atoms with Crippen LogP contribution in [-0.2, 0) is 11.3 Å². The van der Waals surface area contributed by atoms with Crippen LogP contribution in [0.4, 0.5) is 0 Å². The van der Waals surface area contributed by atoms with E-state index in [1.165, 1.54) is 4.90 Å². The highest BCUT2D eigenvalue weighted by Gasteiger charge is 2.24. The molecule has 1 saturated carbocycles. The number of carbonyl (C=O) groups is 1. The minimum atomic E-state index is 0.111. The molecule has 1 aromatic carbocycles. The lowest BCUT2D eigenvalue weighted by Crippen LogP contribution is -3.09. The fourth-order valence-electron chi connectivity index (χ4n) is 2.59. The zero-order valence-corrected chi connectivity index (χ0v) is 14.9. The SMILES string of the molecule is CSc1ccc2cc(C[NH+](C)CC(=O)NC3CC3)c(Cl)nc2c1. The highest BCUT2D eigenvalue weighted by Crippen LogP contribution is 2.24. The van der Waals surface area contributed by atoms with Crippen LogP contribution < -0.4 is 10.2 Å². The number of nitrogens with one attached hydrogen (secondary N) is 2. The fourth-order valence-corrected chi connectivity index (χ4v) is 3.23. The van der Waals surface area contributed by atoms with E-state index in [0.29, 0.717) is 24.3 Å². The number of benzene rings is 1. The zero-order valence-electron chi connectivity index (χ0n) is 13.4. The number of carbonyl (C=O) groups excluding carboxylic acids is 1. The van der Waals surface area contributed by atoms with E-state index in [9.17, 15) is 4.79 Å². The lowest BCUT2D eigenvalue weighted by Gasteiger charge is -2.15. The second kappa shape index (κ2) is 7.07. The Bertz CT molecular complexity index is 733. The molecule has 1 unspecified atom stereocenters. The van der Waals surface area contributed by atoms with Gasteiger partial charge in [-0.05, 0) is 37.3 Å². The Morgan fingerprint density at radius 3 is 2.91 bits per heavy atom. The molecule has 1 atom stereocenters. The molecule has 6 heteroatoms. The molecule has 23 heavy (non-hydrogen) atoms. The standard InChI is InChI=1S/C17H20ClN3OS/c1-21(10-16(22)19-13-4-5-13)9-12-7-11-3-6-14(23-2)8-15(11)20-17(12)18/h3,6-8,13H,4-5,9-10H2,1-2H3,(H,19,22)/p+1. The third-order valence-corrected chi connectivity index (χ3v) is 5.00. The molecule has 2 N–H and O–H groups in total. The van der Waals surface area contributed by atoms with E-state index in [0.717, 1.165) is 34.2 Å². The average Bonchev–Trinajstić information content (AvgIpc) is 3.31. The number of hydrogen-bond donors (Lipinski definition) is 2. The summed E-state index contributed by atoms with van der Waals surface area (Å²) >= 11 is 8.03. The Labute approximate surface area is 145 Å². The van der Waals surface area contributed by atoms with Gasteiger partial charge >= 0.3 is 0 Å². The van der Waals surface area contributed by atoms with Gasteiger partial charge in [0.2, 0.25) is 0 Å². The van der Waals surface area contributed by atoms with Gasteiger partial charge in [0, 0.05) is 21.9 Å². The smallest absolute Gasteiger partial charge is 0.275 e. The molecule has 0 bridgehead atoms. The van der Waals surface area contributed by atoms with Crippen LogP contribution in [0.25, 0.3) is 10.9 Å². The molecule has 0 radical (unpaired) electrons. The summed E-state index contributed by atoms with van der Waals surface area (Å²) in [6, 6.07) is 8.70. The third kappa shape index (κ3) is 4.37. The largest absolute Gasteiger partial charge is 0.348 e. The topological polar surface area (TPSA) is 46.4 Å². The number of aromatic nitrogens is 1. The van der Waals surface area contributed by atoms with Crippen molar-refractivity contribution in [2.24, 2.45) is 0 Å². The number of hydrogen-bond acceptors (Lipinski definition) is 3. The summed E-state index contributed by atoms with van der Waals surface area (Å²) in [5, 5.41) is 4.62. The first-order chi connectivity index (χ1) is 11.0. The maximum absolute atomic E-state index is 11.9. The summed E-state index contributed by atoms with van der Waals surface area (Å²) in [7, 11) is 2.00. The third-order valence-electron chi connectivity index (χ3n) is 3.95. The van der Waals surface area contributed by atoms with E-state index in [-0.39, 0.29) is 5.91 Å². The molecular weight excluding hydrogens is 330 g/mol. The minimum absolute atomic E-state index is 0.111. The molecule has 1 amide bonds. The summed E-state index contributed by atoms with van der Waals surface area (Å²) in [6.07, 6.45) is 4.27. The van der Waals surface area contributed by atoms with Gasteiger partial charge in [0.25, 0.3) is 5.91 Å². The lowest BCUT2D eigenvalue weighted by molar-refractivity contribution is -0.885. The van der Waals surface area contributed by atoms with Crippen LogP contribution in [0, 0.1) is 0 Å². The van der Waals surface area contributed by atoms with E-state index >= 15 is 0 Å². The number of likely N-dealkylation sites (N-methyl/N-ethyl adjacent to an activating group) is 1. The molecule has 1 heterocycles. The molecule has 1 aromatic heterocycles. The van der Waals surface area contributed by atoms with Crippen molar-refractivity contribution in [3.63, 3.8) is 0 Å². The van der Waals surface area contributed by atoms with Crippen LogP contribution in [0.15, 0.2) is 29.2 Å². The van der Waals surface area contributed by atoms with Crippen molar-refractivity contribution in [1.29, 1.82) is 0 Å². The predicted molar refractivity (Wildman–Crippen MR) is 95.2 cm³/mol. The zero-order chi connectivity index (χ0) is 16.4. The van der Waals surface area contributed by atoms with Gasteiger partial charge in [-0.3, -0.25) is 4.79 Å². The summed E-state index contributed by atoms with van der Waals surface area (Å²) in [5.41, 5.74) is 1.89. The van der Waals surface area contributed by atoms with Gasteiger partial charge in [0.1, 0.15) is 11.7 Å². The lowest BCUT2D eigenvalue weighted by atomic mass is 10.1. The van der Waals surface area contributed by atoms with E-state index in [4.69, 9.17) is 11.6 Å². The fraction of sp³-hybridized carbons (Fsp3) is 0.412. The highest BCUT2D eigenvalue weighted by atomic mass is 35.5. The number of rotatable bonds is 6. The number of nitrogens with zero attached hydrogens (tertiary/aromatic N) is 1. The molecule has 4 nitrogen and oxygen atoms in total. The van der Waals surface area contributed by atoms with Crippen LogP contribution >= 0.6 is 23.4 Å². The van der Waals surface area contributed by atoms with Gasteiger partial charge in [-0.1, -0.05) is 17.7 Å². The predicted octanol–water partition coefficient (Wildman–Crippen LogP) is 1.90. The van der Waals surface area contributed by atoms with E-state index in [1.54, 1.807) is 11.8 Å². The second-order valence-electron chi connectivity index (χ2n) is 6.15. The van der Waals surface area contributed by atoms with Gasteiger partial charge in [-0.15, -0.1) is 11.8 Å². The van der Waals surface area contributed by atoms with Gasteiger partial charge in [-0.2, -0.15) is 0 Å². The molecular formula is C17H21ClN3OS+. The second-order valence-corrected chi connectivity index (χ2v) is 7.39. The minimum Gasteiger partial charge on any atom is -0.348 e. The van der Waals surface area contributed by atoms with Gasteiger partial charge in [0.05, 0.1) is 12.6 Å². The number of pyridine rings is 1. The summed E-state index contributed by atoms with van der Waals surface area (Å²) in [4.78, 5) is 18.7. The van der Waals surface area contributed by atoms with Crippen molar-refractivity contribution < 1.29 is 9.69 Å². The Balaban J connectivity index is 1.71. The van der Waals surface area contributed by atoms with Crippen molar-refractivity contribution in [2.75, 3.05) is 19.8 Å². The molecule has 0 aliphatic heterocycles. The quantitative estimate of drug-likeness (QED) is 0.618. The first-order valence-corrected chi connectivity index (χ1v) is 9.39. The Morgan fingerprint density at radius 1 is 1.43 bits per heavy atom. The van der Waals surface area contributed by atoms with Crippen molar-refractivity contribution in [1.82, 2.24) is 10.3 Å². The first-order valence-electron chi connectivity index (χ1n) is 7.79. The first kappa shape index (κ1) is 16.6. The molecule has 1 fully saturated rings. The maximum atomic E-state index is 11.9. The summed E-state index contributed by atoms with van der Waals surface area (Å²) in [5.74, 6) is 0.111. The van der Waals surface area contributed by atoms with E-state index < -0.39 is 0 Å². The van der Waals surface area contributed by atoms with Crippen molar-refractivity contribution in [3.05, 3.63) is 35.0 Å². The average molecular weight is 351 g/mol. The molecule has 122 valence electrons. The van der Waals surface area contributed by atoms with Crippen LogP contribution in [0.3, 0.4) is 0 Å². The normalized spacial score (nSPS) is 15.6. The van der Waals surface area contributed by atoms with Crippen LogP contribution in [0.2, 0.25) is 5.15 Å². The Morgan fingerprint density at radius 2 is 2.22 bits per heavy atom. The molecule has 1 aliphatic carbocycles. The van der Waals surface area contributed by atoms with Gasteiger partial charge in [0.15, 0.2) is 6.54 Å². The number of thioether (sulfide) groups is 1. The van der Waals surface area contributed by atoms with Crippen molar-refractivity contribution >= 4 is 40.2 Å². The monoisotopic (exact) mass is 350 g/mol. The number of amides is 1. The number of halogens is 1. The molecule has 1 aliphatic rings. The van der Waals surface area contributed by atoms with Crippen molar-refractivity contribution in [3.8, 4) is 0 Å². The van der Waals surface area contributed by atoms with Crippen LogP contribution in [-0.4, -0.2) is 36.8 Å². The summed E-state index contributed by atoms with van der Waals surface area (Å²) in [6.45, 7) is 1.14. The number of fused-ring (bicyclic) bond motifs is 1. The van der Waals surface area contributed by atoms with Crippen LogP contribution in [0.5, 0.6) is 0 Å². The molecule has 3 rings (SSSR count). The van der Waals surface area contributed by atoms with Gasteiger partial charge < -0.3 is 10.2 Å². The van der Waals surface area contributed by atoms with Gasteiger partial charge in [-0.25, -0.2) is 4.98 Å². The number of quaternary nitrogens is 1.